The Bertz CT molecular complexity index is 52.1. The van der Waals surface area contributed by atoms with Gasteiger partial charge < -0.3 is 5.48 Å². The summed E-state index contributed by atoms with van der Waals surface area (Å²) in [7, 11) is 0. The topological polar surface area (TPSA) is 30.0 Å². The monoisotopic (exact) mass is 254 g/mol. The van der Waals surface area contributed by atoms with Crippen LogP contribution in [0.2, 0.25) is 17.5 Å². The van der Waals surface area contributed by atoms with Crippen molar-refractivity contribution in [1.82, 2.24) is 0 Å². The van der Waals surface area contributed by atoms with Crippen LogP contribution in [0.5, 0.6) is 0 Å². The first-order valence-electron chi connectivity index (χ1n) is 4.09. The molecule has 1 N–H and O–H groups in total. The van der Waals surface area contributed by atoms with E-state index in [-0.39, 0.29) is 5.48 Å². The summed E-state index contributed by atoms with van der Waals surface area (Å²) in [4.78, 5) is 0. The molecule has 0 saturated heterocycles. The average molecular weight is 255 g/mol. The van der Waals surface area contributed by atoms with E-state index < -0.39 is 18.8 Å². The van der Waals surface area contributed by atoms with E-state index in [0.717, 1.165) is 0 Å². The van der Waals surface area contributed by atoms with Crippen LogP contribution >= 0.6 is 0 Å². The van der Waals surface area contributed by atoms with E-state index in [2.05, 4.69) is 27.7 Å². The van der Waals surface area contributed by atoms with Gasteiger partial charge in [-0.2, -0.15) is 0 Å². The predicted octanol–water partition coefficient (Wildman–Crippen LogP) is 3.34. The Labute approximate surface area is 69.5 Å². The maximum absolute atomic E-state index is 2.39. The molecule has 1 nitrogen and oxygen atoms in total. The average Bonchev–Trinajstić information content (AvgIpc) is 1.95. The predicted molar refractivity (Wildman–Crippen MR) is 49.6 cm³/mol. The summed E-state index contributed by atoms with van der Waals surface area (Å²) < 4.78 is 6.18. The van der Waals surface area contributed by atoms with Gasteiger partial charge in [0, 0.05) is 0 Å². The Balaban J connectivity index is 0. The minimum absolute atomic E-state index is 0. The summed E-state index contributed by atoms with van der Waals surface area (Å²) in [6, 6.07) is 0. The molecule has 0 saturated carbocycles. The zero-order valence-corrected chi connectivity index (χ0v) is 10.3. The van der Waals surface area contributed by atoms with Gasteiger partial charge in [0.2, 0.25) is 0 Å². The minimum atomic E-state index is -1.29. The van der Waals surface area contributed by atoms with Crippen molar-refractivity contribution in [1.29, 1.82) is 0 Å². The molecule has 0 radical (unpaired) electrons. The Morgan fingerprint density at radius 3 is 0.900 bits per heavy atom. The van der Waals surface area contributed by atoms with Crippen molar-refractivity contribution >= 4 is 18.8 Å². The third kappa shape index (κ3) is 3.25. The van der Waals surface area contributed by atoms with Crippen molar-refractivity contribution in [2.45, 2.75) is 45.2 Å². The summed E-state index contributed by atoms with van der Waals surface area (Å²) in [6.45, 7) is 9.56. The number of rotatable bonds is 4. The van der Waals surface area contributed by atoms with Gasteiger partial charge in [-0.3, -0.25) is 0 Å². The third-order valence-corrected chi connectivity index (χ3v) is 18.0. The summed E-state index contributed by atoms with van der Waals surface area (Å²) in [5, 5.41) is 0. The quantitative estimate of drug-likeness (QED) is 0.708. The van der Waals surface area contributed by atoms with E-state index in [0.29, 0.717) is 0 Å². The summed E-state index contributed by atoms with van der Waals surface area (Å²) in [6.07, 6.45) is 0. The second kappa shape index (κ2) is 6.49. The SMILES string of the molecule is C[CH2][Sb+]([CH2]C)([CH2]C)[CH2]C.[OH-]. The molecule has 10 heavy (non-hydrogen) atoms. The van der Waals surface area contributed by atoms with Crippen molar-refractivity contribution in [2.75, 3.05) is 0 Å². The van der Waals surface area contributed by atoms with E-state index in [1.807, 2.05) is 0 Å². The van der Waals surface area contributed by atoms with Gasteiger partial charge in [-0.25, -0.2) is 0 Å². The molecule has 0 aromatic heterocycles. The van der Waals surface area contributed by atoms with Gasteiger partial charge in [-0.05, 0) is 0 Å². The smallest absolute Gasteiger partial charge is 0.870 e. The van der Waals surface area contributed by atoms with Crippen molar-refractivity contribution in [3.8, 4) is 0 Å². The molecule has 0 aliphatic rings. The Kier molecular flexibility index (Phi) is 8.67. The molecular weight excluding hydrogens is 234 g/mol. The first kappa shape index (κ1) is 13.4. The summed E-state index contributed by atoms with van der Waals surface area (Å²) >= 11 is -1.29. The van der Waals surface area contributed by atoms with Crippen molar-refractivity contribution in [3.05, 3.63) is 0 Å². The Morgan fingerprint density at radius 2 is 0.900 bits per heavy atom. The fourth-order valence-electron chi connectivity index (χ4n) is 1.34. The first-order chi connectivity index (χ1) is 4.24. The molecule has 0 aromatic rings. The molecule has 0 aliphatic heterocycles. The number of hydrogen-bond acceptors (Lipinski definition) is 1. The van der Waals surface area contributed by atoms with Gasteiger partial charge in [0.25, 0.3) is 0 Å². The zero-order chi connectivity index (χ0) is 7.33. The molecule has 0 unspecified atom stereocenters. The molecule has 64 valence electrons. The van der Waals surface area contributed by atoms with Crippen LogP contribution in [0.1, 0.15) is 27.7 Å². The second-order valence-corrected chi connectivity index (χ2v) is 17.5. The van der Waals surface area contributed by atoms with E-state index in [4.69, 9.17) is 0 Å². The third-order valence-electron chi connectivity index (χ3n) is 2.68. The molecule has 0 aliphatic carbocycles. The van der Waals surface area contributed by atoms with Gasteiger partial charge in [-0.15, -0.1) is 0 Å². The molecule has 0 spiro atoms. The molecule has 2 heteroatoms. The van der Waals surface area contributed by atoms with Crippen molar-refractivity contribution in [2.24, 2.45) is 0 Å². The van der Waals surface area contributed by atoms with Crippen LogP contribution in [-0.4, -0.2) is 24.3 Å². The zero-order valence-electron chi connectivity index (χ0n) is 7.72. The fraction of sp³-hybridized carbons (Fsp3) is 1.00. The van der Waals surface area contributed by atoms with Crippen LogP contribution < -0.4 is 0 Å². The molecule has 0 heterocycles. The molecular formula is C8H21OSb. The summed E-state index contributed by atoms with van der Waals surface area (Å²) in [5.74, 6) is 0. The first-order valence-corrected chi connectivity index (χ1v) is 11.3. The number of hydrogen-bond donors (Lipinski definition) is 0. The van der Waals surface area contributed by atoms with Crippen LogP contribution in [0.4, 0.5) is 0 Å². The Morgan fingerprint density at radius 1 is 0.700 bits per heavy atom. The van der Waals surface area contributed by atoms with Gasteiger partial charge >= 0.3 is 64.0 Å². The standard InChI is InChI=1S/4C2H5.H2O.Sb/c4*1-2;;/h4*1H2,2H3;1H2;/q;;;;;+1/p-1. The normalized spacial score (nSPS) is 10.8. The van der Waals surface area contributed by atoms with E-state index in [9.17, 15) is 0 Å². The Hall–Kier alpha value is 0.778. The van der Waals surface area contributed by atoms with Crippen LogP contribution in [0, 0.1) is 0 Å². The molecule has 0 amide bonds. The molecule has 0 atom stereocenters. The van der Waals surface area contributed by atoms with E-state index >= 15 is 0 Å². The summed E-state index contributed by atoms with van der Waals surface area (Å²) in [5.41, 5.74) is 0. The molecule has 0 aromatic carbocycles. The second-order valence-electron chi connectivity index (χ2n) is 2.61. The fourth-order valence-corrected chi connectivity index (χ4v) is 9.00. The van der Waals surface area contributed by atoms with Crippen LogP contribution in [-0.2, 0) is 0 Å². The van der Waals surface area contributed by atoms with Crippen LogP contribution in [0.15, 0.2) is 0 Å². The van der Waals surface area contributed by atoms with E-state index in [1.54, 1.807) is 17.5 Å². The van der Waals surface area contributed by atoms with Crippen LogP contribution in [0.25, 0.3) is 0 Å². The maximum Gasteiger partial charge on any atom is -0.870 e. The minimum Gasteiger partial charge on any atom is -0.870 e. The largest absolute Gasteiger partial charge is 0.870 e. The maximum atomic E-state index is 2.39. The van der Waals surface area contributed by atoms with Crippen molar-refractivity contribution in [3.63, 3.8) is 0 Å². The van der Waals surface area contributed by atoms with Gasteiger partial charge in [0.05, 0.1) is 0 Å². The van der Waals surface area contributed by atoms with Gasteiger partial charge in [0.15, 0.2) is 0 Å². The molecule has 0 bridgehead atoms. The molecule has 0 rings (SSSR count). The van der Waals surface area contributed by atoms with Gasteiger partial charge in [0.1, 0.15) is 0 Å². The van der Waals surface area contributed by atoms with E-state index in [1.165, 1.54) is 0 Å². The van der Waals surface area contributed by atoms with Crippen molar-refractivity contribution < 1.29 is 5.48 Å². The molecule has 0 fully saturated rings. The van der Waals surface area contributed by atoms with Crippen LogP contribution in [0.3, 0.4) is 0 Å². The van der Waals surface area contributed by atoms with Gasteiger partial charge in [-0.1, -0.05) is 0 Å².